The van der Waals surface area contributed by atoms with Gasteiger partial charge < -0.3 is 19.9 Å². The third-order valence-electron chi connectivity index (χ3n) is 7.59. The number of benzene rings is 1. The van der Waals surface area contributed by atoms with Crippen molar-refractivity contribution in [3.63, 3.8) is 0 Å². The number of ketones is 1. The number of nitrogens with zero attached hydrogens (tertiary/aromatic N) is 5. The number of hydrogen-bond donors (Lipinski definition) is 2. The number of carbonyl (C=O) groups excluding carboxylic acids is 3. The van der Waals surface area contributed by atoms with Crippen molar-refractivity contribution in [3.05, 3.63) is 70.0 Å². The maximum Gasteiger partial charge on any atom is 0.248 e. The number of Topliss-reactive ketones (excluding diaryl/α,β-unsaturated/α-hetero) is 1. The van der Waals surface area contributed by atoms with Crippen molar-refractivity contribution in [1.29, 1.82) is 0 Å². The second-order valence-corrected chi connectivity index (χ2v) is 12.7. The highest BCUT2D eigenvalue weighted by Gasteiger charge is 2.44. The minimum absolute atomic E-state index is 0.0254. The lowest BCUT2D eigenvalue weighted by Crippen LogP contribution is -2.46. The Labute approximate surface area is 265 Å². The number of rotatable bonds is 7. The number of nitrogens with one attached hydrogen (secondary N) is 1. The van der Waals surface area contributed by atoms with Crippen molar-refractivity contribution < 1.29 is 19.5 Å². The van der Waals surface area contributed by atoms with Gasteiger partial charge in [0.15, 0.2) is 11.6 Å². The monoisotopic (exact) mass is 744 g/mol. The van der Waals surface area contributed by atoms with Crippen molar-refractivity contribution in [2.75, 3.05) is 5.32 Å². The number of hydrogen-bond acceptors (Lipinski definition) is 7. The number of aliphatic hydroxyl groups excluding tert-OH is 1. The first-order chi connectivity index (χ1) is 20.0. The number of carbonyl (C=O) groups is 3. The summed E-state index contributed by atoms with van der Waals surface area (Å²) in [5.74, 6) is 0.286. The van der Waals surface area contributed by atoms with Crippen LogP contribution in [0, 0.1) is 19.8 Å². The lowest BCUT2D eigenvalue weighted by atomic mass is 10.0. The summed E-state index contributed by atoms with van der Waals surface area (Å²) in [4.78, 5) is 54.5. The first kappa shape index (κ1) is 30.2. The summed E-state index contributed by atoms with van der Waals surface area (Å²) in [6, 6.07) is 6.88. The summed E-state index contributed by atoms with van der Waals surface area (Å²) < 4.78 is 2.24. The molecule has 3 aromatic heterocycles. The molecule has 2 amide bonds. The number of halogens is 2. The van der Waals surface area contributed by atoms with E-state index < -0.39 is 6.04 Å². The zero-order valence-corrected chi connectivity index (χ0v) is 27.3. The molecule has 42 heavy (non-hydrogen) atoms. The van der Waals surface area contributed by atoms with Gasteiger partial charge in [-0.05, 0) is 83.9 Å². The molecule has 0 aliphatic carbocycles. The van der Waals surface area contributed by atoms with Crippen LogP contribution in [-0.2, 0) is 22.7 Å². The minimum Gasteiger partial charge on any atom is -0.388 e. The molecule has 1 fully saturated rings. The quantitative estimate of drug-likeness (QED) is 0.0875. The second kappa shape index (κ2) is 12.2. The Hall–Kier alpha value is -3.23. The molecule has 2 N–H and O–H groups in total. The lowest BCUT2D eigenvalue weighted by Gasteiger charge is -2.28. The summed E-state index contributed by atoms with van der Waals surface area (Å²) in [6.45, 7) is 7.06. The highest BCUT2D eigenvalue weighted by Crippen LogP contribution is 2.36. The van der Waals surface area contributed by atoms with Crippen molar-refractivity contribution in [3.8, 4) is 11.1 Å². The SMILES string of the molecule is CC(=O)c1cn(CC(=O)N2[C@H](I)[C@@H](C)C[C@H]2C(=O)Nc2nc(Br)ccc2C)c2c(C)cc(-c3cnc(CO)nc3)cc12. The molecule has 1 aliphatic rings. The number of aliphatic hydroxyl groups is 1. The van der Waals surface area contributed by atoms with Gasteiger partial charge in [0.1, 0.15) is 29.6 Å². The zero-order valence-electron chi connectivity index (χ0n) is 23.6. The van der Waals surface area contributed by atoms with E-state index in [9.17, 15) is 19.5 Å². The Morgan fingerprint density at radius 1 is 1.12 bits per heavy atom. The normalized spacial score (nSPS) is 18.5. The number of likely N-dealkylation sites (tertiary alicyclic amines) is 1. The molecule has 1 saturated heterocycles. The average molecular weight is 745 g/mol. The van der Waals surface area contributed by atoms with Crippen LogP contribution >= 0.6 is 38.5 Å². The van der Waals surface area contributed by atoms with Crippen LogP contribution in [-0.4, -0.2) is 57.2 Å². The topological polar surface area (TPSA) is 130 Å². The molecule has 12 heteroatoms. The van der Waals surface area contributed by atoms with Crippen LogP contribution in [0.1, 0.15) is 47.6 Å². The maximum atomic E-state index is 13.9. The van der Waals surface area contributed by atoms with E-state index in [4.69, 9.17) is 0 Å². The highest BCUT2D eigenvalue weighted by atomic mass is 127. The van der Waals surface area contributed by atoms with Crippen LogP contribution in [0.4, 0.5) is 5.82 Å². The van der Waals surface area contributed by atoms with Gasteiger partial charge in [0.2, 0.25) is 11.8 Å². The Kier molecular flexibility index (Phi) is 8.76. The van der Waals surface area contributed by atoms with E-state index in [1.54, 1.807) is 28.1 Å². The van der Waals surface area contributed by atoms with E-state index in [0.29, 0.717) is 28.2 Å². The van der Waals surface area contributed by atoms with Crippen LogP contribution < -0.4 is 5.32 Å². The van der Waals surface area contributed by atoms with Gasteiger partial charge in [-0.1, -0.05) is 35.6 Å². The van der Waals surface area contributed by atoms with Gasteiger partial charge in [-0.3, -0.25) is 14.4 Å². The van der Waals surface area contributed by atoms with Gasteiger partial charge in [0.25, 0.3) is 0 Å². The summed E-state index contributed by atoms with van der Waals surface area (Å²) >= 11 is 5.59. The second-order valence-electron chi connectivity index (χ2n) is 10.7. The zero-order chi connectivity index (χ0) is 30.3. The predicted octanol–water partition coefficient (Wildman–Crippen LogP) is 5.20. The third-order valence-corrected chi connectivity index (χ3v) is 9.86. The average Bonchev–Trinajstić information content (AvgIpc) is 3.47. The molecule has 3 atom stereocenters. The van der Waals surface area contributed by atoms with Crippen molar-refractivity contribution in [2.24, 2.45) is 5.92 Å². The van der Waals surface area contributed by atoms with Crippen LogP contribution in [0.3, 0.4) is 0 Å². The number of alkyl halides is 1. The first-order valence-corrected chi connectivity index (χ1v) is 15.5. The van der Waals surface area contributed by atoms with E-state index >= 15 is 0 Å². The molecule has 0 bridgehead atoms. The summed E-state index contributed by atoms with van der Waals surface area (Å²) in [7, 11) is 0. The maximum absolute atomic E-state index is 13.9. The molecule has 4 aromatic rings. The molecule has 0 radical (unpaired) electrons. The molecule has 0 unspecified atom stereocenters. The number of anilines is 1. The Morgan fingerprint density at radius 2 is 1.83 bits per heavy atom. The first-order valence-electron chi connectivity index (χ1n) is 13.4. The van der Waals surface area contributed by atoms with Crippen LogP contribution in [0.2, 0.25) is 0 Å². The Balaban J connectivity index is 1.47. The number of aromatic nitrogens is 4. The molecule has 218 valence electrons. The van der Waals surface area contributed by atoms with Crippen molar-refractivity contribution in [1.82, 2.24) is 24.4 Å². The van der Waals surface area contributed by atoms with E-state index in [1.807, 2.05) is 45.0 Å². The van der Waals surface area contributed by atoms with Gasteiger partial charge in [-0.15, -0.1) is 0 Å². The van der Waals surface area contributed by atoms with E-state index in [2.05, 4.69) is 58.8 Å². The van der Waals surface area contributed by atoms with Crippen molar-refractivity contribution >= 4 is 72.8 Å². The molecule has 5 rings (SSSR count). The van der Waals surface area contributed by atoms with E-state index in [0.717, 1.165) is 33.2 Å². The fourth-order valence-corrected chi connectivity index (χ4v) is 6.74. The lowest BCUT2D eigenvalue weighted by molar-refractivity contribution is -0.137. The third kappa shape index (κ3) is 5.84. The van der Waals surface area contributed by atoms with Crippen LogP contribution in [0.5, 0.6) is 0 Å². The number of fused-ring (bicyclic) bond motifs is 1. The molecule has 4 heterocycles. The smallest absolute Gasteiger partial charge is 0.248 e. The molecule has 0 spiro atoms. The molecule has 1 aliphatic heterocycles. The van der Waals surface area contributed by atoms with Crippen LogP contribution in [0.15, 0.2) is 47.5 Å². The van der Waals surface area contributed by atoms with Gasteiger partial charge >= 0.3 is 0 Å². The highest BCUT2D eigenvalue weighted by molar-refractivity contribution is 14.1. The van der Waals surface area contributed by atoms with Gasteiger partial charge in [-0.25, -0.2) is 15.0 Å². The summed E-state index contributed by atoms with van der Waals surface area (Å²) in [5, 5.41) is 12.9. The van der Waals surface area contributed by atoms with Crippen molar-refractivity contribution in [2.45, 2.75) is 57.4 Å². The molecular formula is C30H30BrIN6O4. The number of amides is 2. The summed E-state index contributed by atoms with van der Waals surface area (Å²) in [5.41, 5.74) is 4.55. The fraction of sp³-hybridized carbons (Fsp3) is 0.333. The molecule has 10 nitrogen and oxygen atoms in total. The van der Waals surface area contributed by atoms with Gasteiger partial charge in [-0.2, -0.15) is 0 Å². The van der Waals surface area contributed by atoms with Gasteiger partial charge in [0.05, 0.1) is 9.57 Å². The Bertz CT molecular complexity index is 1710. The van der Waals surface area contributed by atoms with E-state index in [-0.39, 0.29) is 40.7 Å². The molecule has 0 saturated carbocycles. The van der Waals surface area contributed by atoms with E-state index in [1.165, 1.54) is 6.92 Å². The predicted molar refractivity (Wildman–Crippen MR) is 171 cm³/mol. The largest absolute Gasteiger partial charge is 0.388 e. The number of aryl methyl sites for hydroxylation is 2. The van der Waals surface area contributed by atoms with Gasteiger partial charge in [0, 0.05) is 35.1 Å². The standard InChI is InChI=1S/C30H30BrIN6O4/c1-15-5-6-24(31)35-29(15)36-30(42)23-8-17(3)28(32)38(23)26(41)13-37-12-22(18(4)40)21-9-19(7-16(2)27(21)37)20-10-33-25(14-39)34-11-20/h5-7,9-12,17,23,28,39H,8,13-14H2,1-4H3,(H,35,36,42)/t17-,23-,28-/m0/s1. The molecule has 1 aromatic carbocycles. The summed E-state index contributed by atoms with van der Waals surface area (Å²) in [6.07, 6.45) is 5.53. The fourth-order valence-electron chi connectivity index (χ4n) is 5.44. The molecular weight excluding hydrogens is 715 g/mol. The number of pyridine rings is 1. The van der Waals surface area contributed by atoms with Crippen LogP contribution in [0.25, 0.3) is 22.0 Å². The Morgan fingerprint density at radius 3 is 2.50 bits per heavy atom. The minimum atomic E-state index is -0.654.